The maximum absolute atomic E-state index is 13.8. The first-order valence-electron chi connectivity index (χ1n) is 13.5. The number of aliphatic carboxylic acids is 1. The molecule has 2 aromatic rings. The number of nitrogens with one attached hydrogen (secondary N) is 3. The van der Waals surface area contributed by atoms with Gasteiger partial charge < -0.3 is 25.8 Å². The first-order valence-corrected chi connectivity index (χ1v) is 15.5. The third kappa shape index (κ3) is 5.72. The number of carboxylic acid groups (broad SMARTS) is 1. The molecule has 2 fully saturated rings. The van der Waals surface area contributed by atoms with Crippen molar-refractivity contribution in [2.45, 2.75) is 29.2 Å². The number of hydrogen-bond donors (Lipinski definition) is 5. The number of aryl methyl sites for hydroxylation is 1. The van der Waals surface area contributed by atoms with Crippen LogP contribution in [-0.4, -0.2) is 123 Å². The van der Waals surface area contributed by atoms with E-state index < -0.39 is 52.7 Å². The fourth-order valence-electron chi connectivity index (χ4n) is 5.06. The molecular formula is C25H28N10O8S2. The number of hydrogen-bond acceptors (Lipinski definition) is 13. The molecule has 1 aromatic carbocycles. The summed E-state index contributed by atoms with van der Waals surface area (Å²) in [6.07, 6.45) is 0. The van der Waals surface area contributed by atoms with Gasteiger partial charge in [-0.1, -0.05) is 42.1 Å². The molecular weight excluding hydrogens is 632 g/mol. The van der Waals surface area contributed by atoms with Crippen molar-refractivity contribution in [1.82, 2.24) is 51.0 Å². The Morgan fingerprint density at radius 2 is 1.89 bits per heavy atom. The van der Waals surface area contributed by atoms with Gasteiger partial charge in [-0.05, 0) is 28.5 Å². The SMILES string of the molecule is CCN1CCN(C(=O)NC(C(=O)N[C@]2(NO)C(=O)N3C(C(=O)O)=C(CSc4nnnn4C)CS[C@H]32)c2ccccc2)C(=O)C1=O. The number of rotatable bonds is 10. The molecule has 3 atom stereocenters. The Morgan fingerprint density at radius 3 is 2.51 bits per heavy atom. The standard InChI is InChI=1S/C25H28N10O8S2/c1-3-33-9-10-34(19(38)18(33)37)23(42)26-15(13-7-5-4-6-8-13)17(36)27-25(29-43)21(41)35-16(20(39)40)14(11-44-22(25)35)12-45-24-28-30-31-32(24)2/h4-8,15,22,29,43H,3,9-12H2,1-2H3,(H,26,42)(H,27,36)(H,39,40)/t15?,22-,25-/m0/s1. The molecule has 3 aliphatic rings. The van der Waals surface area contributed by atoms with Crippen LogP contribution in [0, 0.1) is 0 Å². The number of hydroxylamine groups is 1. The van der Waals surface area contributed by atoms with Crippen LogP contribution in [0.5, 0.6) is 0 Å². The molecule has 2 saturated heterocycles. The van der Waals surface area contributed by atoms with Crippen LogP contribution in [0.2, 0.25) is 0 Å². The average Bonchev–Trinajstić information content (AvgIpc) is 3.46. The number of nitrogens with zero attached hydrogens (tertiary/aromatic N) is 7. The smallest absolute Gasteiger partial charge is 0.352 e. The van der Waals surface area contributed by atoms with Crippen molar-refractivity contribution in [3.63, 3.8) is 0 Å². The summed E-state index contributed by atoms with van der Waals surface area (Å²) in [6, 6.07) is 5.44. The third-order valence-electron chi connectivity index (χ3n) is 7.41. The van der Waals surface area contributed by atoms with Gasteiger partial charge >= 0.3 is 23.8 Å². The lowest BCUT2D eigenvalue weighted by atomic mass is 9.94. The Labute approximate surface area is 263 Å². The molecule has 0 aliphatic carbocycles. The van der Waals surface area contributed by atoms with E-state index in [0.29, 0.717) is 15.6 Å². The van der Waals surface area contributed by atoms with Gasteiger partial charge in [-0.2, -0.15) is 5.48 Å². The van der Waals surface area contributed by atoms with Gasteiger partial charge in [0.2, 0.25) is 16.7 Å². The van der Waals surface area contributed by atoms with Crippen LogP contribution < -0.4 is 16.1 Å². The van der Waals surface area contributed by atoms with Gasteiger partial charge in [0, 0.05) is 38.2 Å². The summed E-state index contributed by atoms with van der Waals surface area (Å²) in [5, 5.41) is 35.6. The zero-order chi connectivity index (χ0) is 32.5. The molecule has 18 nitrogen and oxygen atoms in total. The number of tetrazole rings is 1. The molecule has 5 rings (SSSR count). The number of carbonyl (C=O) groups is 6. The third-order valence-corrected chi connectivity index (χ3v) is 9.90. The quantitative estimate of drug-likeness (QED) is 0.0641. The van der Waals surface area contributed by atoms with E-state index in [0.717, 1.165) is 16.7 Å². The number of amides is 6. The van der Waals surface area contributed by atoms with E-state index in [-0.39, 0.29) is 42.4 Å². The zero-order valence-corrected chi connectivity index (χ0v) is 25.5. The summed E-state index contributed by atoms with van der Waals surface area (Å²) in [5.74, 6) is -4.91. The van der Waals surface area contributed by atoms with Crippen LogP contribution in [0.3, 0.4) is 0 Å². The van der Waals surface area contributed by atoms with E-state index in [2.05, 4.69) is 26.2 Å². The predicted octanol–water partition coefficient (Wildman–Crippen LogP) is -1.51. The van der Waals surface area contributed by atoms with Crippen molar-refractivity contribution < 1.29 is 39.1 Å². The number of likely N-dealkylation sites (N-methyl/N-ethyl adjacent to an activating group) is 1. The van der Waals surface area contributed by atoms with Gasteiger partial charge in [0.1, 0.15) is 17.1 Å². The number of imide groups is 1. The van der Waals surface area contributed by atoms with Crippen LogP contribution >= 0.6 is 23.5 Å². The highest BCUT2D eigenvalue weighted by atomic mass is 32.2. The summed E-state index contributed by atoms with van der Waals surface area (Å²) >= 11 is 2.27. The summed E-state index contributed by atoms with van der Waals surface area (Å²) in [6.45, 7) is 2.00. The van der Waals surface area contributed by atoms with E-state index in [1.165, 1.54) is 33.5 Å². The van der Waals surface area contributed by atoms with Crippen LogP contribution in [0.1, 0.15) is 18.5 Å². The van der Waals surface area contributed by atoms with Crippen molar-refractivity contribution in [3.05, 3.63) is 47.2 Å². The average molecular weight is 661 g/mol. The second-order valence-corrected chi connectivity index (χ2v) is 12.0. The summed E-state index contributed by atoms with van der Waals surface area (Å²) < 4.78 is 1.41. The lowest BCUT2D eigenvalue weighted by Gasteiger charge is -2.56. The minimum absolute atomic E-state index is 0.0975. The number of carboxylic acids is 1. The minimum atomic E-state index is -2.15. The van der Waals surface area contributed by atoms with E-state index in [4.69, 9.17) is 0 Å². The van der Waals surface area contributed by atoms with Crippen molar-refractivity contribution in [2.75, 3.05) is 31.1 Å². The minimum Gasteiger partial charge on any atom is -0.477 e. The lowest BCUT2D eigenvalue weighted by molar-refractivity contribution is -0.171. The highest BCUT2D eigenvalue weighted by Crippen LogP contribution is 2.45. The van der Waals surface area contributed by atoms with Crippen LogP contribution in [0.15, 0.2) is 46.8 Å². The number of β-lactam (4-membered cyclic amide) rings is 1. The Hall–Kier alpha value is -4.53. The lowest BCUT2D eigenvalue weighted by Crippen LogP contribution is -2.85. The summed E-state index contributed by atoms with van der Waals surface area (Å²) in [7, 11) is 1.62. The fourth-order valence-corrected chi connectivity index (χ4v) is 7.45. The molecule has 1 unspecified atom stereocenters. The van der Waals surface area contributed by atoms with Gasteiger partial charge in [0.25, 0.3) is 5.91 Å². The highest BCUT2D eigenvalue weighted by Gasteiger charge is 2.66. The Bertz CT molecular complexity index is 1590. The normalized spacial score (nSPS) is 22.2. The van der Waals surface area contributed by atoms with Crippen LogP contribution in [0.25, 0.3) is 0 Å². The fraction of sp³-hybridized carbons (Fsp3) is 0.400. The largest absolute Gasteiger partial charge is 0.477 e. The van der Waals surface area contributed by atoms with Crippen molar-refractivity contribution in [1.29, 1.82) is 0 Å². The second kappa shape index (κ2) is 12.8. The molecule has 3 aliphatic heterocycles. The van der Waals surface area contributed by atoms with Crippen molar-refractivity contribution in [2.24, 2.45) is 7.05 Å². The zero-order valence-electron chi connectivity index (χ0n) is 23.9. The number of piperazine rings is 1. The maximum Gasteiger partial charge on any atom is 0.352 e. The Kier molecular flexibility index (Phi) is 9.09. The van der Waals surface area contributed by atoms with Gasteiger partial charge in [-0.3, -0.25) is 29.0 Å². The molecule has 238 valence electrons. The molecule has 0 spiro atoms. The molecule has 6 amide bonds. The van der Waals surface area contributed by atoms with E-state index in [1.54, 1.807) is 32.2 Å². The number of fused-ring (bicyclic) bond motifs is 1. The first kappa shape index (κ1) is 31.9. The van der Waals surface area contributed by atoms with E-state index in [1.807, 2.05) is 5.48 Å². The van der Waals surface area contributed by atoms with E-state index in [9.17, 15) is 39.1 Å². The molecule has 4 heterocycles. The number of carbonyl (C=O) groups excluding carboxylic acids is 5. The van der Waals surface area contributed by atoms with Crippen LogP contribution in [-0.2, 0) is 31.0 Å². The van der Waals surface area contributed by atoms with Gasteiger partial charge in [0.05, 0.1) is 0 Å². The number of benzene rings is 1. The predicted molar refractivity (Wildman–Crippen MR) is 155 cm³/mol. The monoisotopic (exact) mass is 660 g/mol. The summed E-state index contributed by atoms with van der Waals surface area (Å²) in [5.41, 5.74) is 0.0829. The summed E-state index contributed by atoms with van der Waals surface area (Å²) in [4.78, 5) is 80.7. The first-order chi connectivity index (χ1) is 21.5. The highest BCUT2D eigenvalue weighted by molar-refractivity contribution is 8.01. The molecule has 1 aromatic heterocycles. The van der Waals surface area contributed by atoms with Gasteiger partial charge in [-0.25, -0.2) is 14.3 Å². The van der Waals surface area contributed by atoms with Gasteiger partial charge in [0.15, 0.2) is 0 Å². The molecule has 5 N–H and O–H groups in total. The molecule has 45 heavy (non-hydrogen) atoms. The van der Waals surface area contributed by atoms with Crippen molar-refractivity contribution >= 4 is 59.2 Å². The number of urea groups is 1. The number of aromatic nitrogens is 4. The maximum atomic E-state index is 13.8. The Balaban J connectivity index is 1.37. The van der Waals surface area contributed by atoms with Crippen molar-refractivity contribution in [3.8, 4) is 0 Å². The molecule has 0 radical (unpaired) electrons. The Morgan fingerprint density at radius 1 is 1.16 bits per heavy atom. The second-order valence-electron chi connectivity index (χ2n) is 10.0. The molecule has 0 bridgehead atoms. The molecule has 20 heteroatoms. The van der Waals surface area contributed by atoms with Gasteiger partial charge in [-0.15, -0.1) is 16.9 Å². The number of thioether (sulfide) groups is 2. The van der Waals surface area contributed by atoms with E-state index >= 15 is 0 Å². The molecule has 0 saturated carbocycles. The topological polar surface area (TPSA) is 232 Å². The van der Waals surface area contributed by atoms with Crippen LogP contribution in [0.4, 0.5) is 4.79 Å².